The van der Waals surface area contributed by atoms with Gasteiger partial charge in [-0.15, -0.1) is 0 Å². The highest BCUT2D eigenvalue weighted by molar-refractivity contribution is 5.27. The van der Waals surface area contributed by atoms with Gasteiger partial charge in [0.05, 0.1) is 6.10 Å². The Morgan fingerprint density at radius 2 is 1.80 bits per heavy atom. The maximum Gasteiger partial charge on any atom is 0.0595 e. The Morgan fingerprint density at radius 1 is 1.10 bits per heavy atom. The third-order valence-corrected chi connectivity index (χ3v) is 4.54. The molecule has 0 radical (unpaired) electrons. The third kappa shape index (κ3) is 3.81. The van der Waals surface area contributed by atoms with Crippen LogP contribution in [0.25, 0.3) is 0 Å². The number of hydrogen-bond acceptors (Lipinski definition) is 3. The zero-order chi connectivity index (χ0) is 13.8. The first-order valence-corrected chi connectivity index (χ1v) is 7.90. The predicted molar refractivity (Wildman–Crippen MR) is 81.6 cm³/mol. The Bertz CT molecular complexity index is 423. The van der Waals surface area contributed by atoms with Gasteiger partial charge >= 0.3 is 0 Å². The van der Waals surface area contributed by atoms with Gasteiger partial charge < -0.3 is 10.1 Å². The lowest BCUT2D eigenvalue weighted by Gasteiger charge is -2.31. The second kappa shape index (κ2) is 6.70. The number of benzene rings is 1. The molecule has 3 nitrogen and oxygen atoms in total. The molecule has 0 unspecified atom stereocenters. The van der Waals surface area contributed by atoms with Crippen molar-refractivity contribution < 1.29 is 4.74 Å². The summed E-state index contributed by atoms with van der Waals surface area (Å²) < 4.78 is 5.45. The molecular weight excluding hydrogens is 248 g/mol. The predicted octanol–water partition coefficient (Wildman–Crippen LogP) is 2.55. The van der Waals surface area contributed by atoms with E-state index in [1.807, 2.05) is 7.11 Å². The lowest BCUT2D eigenvalue weighted by Crippen LogP contribution is -2.36. The van der Waals surface area contributed by atoms with Crippen LogP contribution in [0.4, 0.5) is 0 Å². The molecule has 1 saturated heterocycles. The smallest absolute Gasteiger partial charge is 0.0595 e. The van der Waals surface area contributed by atoms with Gasteiger partial charge in [0.15, 0.2) is 0 Å². The van der Waals surface area contributed by atoms with Gasteiger partial charge in [0.25, 0.3) is 0 Å². The summed E-state index contributed by atoms with van der Waals surface area (Å²) in [6.07, 6.45) is 5.51. The highest BCUT2D eigenvalue weighted by atomic mass is 16.5. The van der Waals surface area contributed by atoms with Crippen LogP contribution < -0.4 is 5.32 Å². The molecule has 1 saturated carbocycles. The zero-order valence-electron chi connectivity index (χ0n) is 12.5. The first-order chi connectivity index (χ1) is 9.85. The van der Waals surface area contributed by atoms with Crippen LogP contribution in [0.2, 0.25) is 0 Å². The van der Waals surface area contributed by atoms with Crippen LogP contribution in [0.3, 0.4) is 0 Å². The normalized spacial score (nSPS) is 21.2. The Kier molecular flexibility index (Phi) is 4.71. The maximum absolute atomic E-state index is 5.45. The van der Waals surface area contributed by atoms with E-state index >= 15 is 0 Å². The summed E-state index contributed by atoms with van der Waals surface area (Å²) in [6.45, 7) is 4.42. The molecule has 0 spiro atoms. The van der Waals surface area contributed by atoms with Crippen molar-refractivity contribution in [3.8, 4) is 0 Å². The van der Waals surface area contributed by atoms with Crippen molar-refractivity contribution >= 4 is 0 Å². The van der Waals surface area contributed by atoms with Crippen molar-refractivity contribution in [2.75, 3.05) is 20.2 Å². The molecule has 2 fully saturated rings. The summed E-state index contributed by atoms with van der Waals surface area (Å²) in [5.74, 6) is 0. The van der Waals surface area contributed by atoms with Gasteiger partial charge in [-0.1, -0.05) is 24.3 Å². The molecule has 1 aliphatic heterocycles. The van der Waals surface area contributed by atoms with E-state index in [9.17, 15) is 0 Å². The van der Waals surface area contributed by atoms with E-state index in [2.05, 4.69) is 34.5 Å². The largest absolute Gasteiger partial charge is 0.381 e. The SMILES string of the molecule is COC1CCN(Cc2ccccc2CNC2CC2)CC1. The lowest BCUT2D eigenvalue weighted by atomic mass is 10.0. The van der Waals surface area contributed by atoms with Crippen LogP contribution in [0, 0.1) is 0 Å². The van der Waals surface area contributed by atoms with E-state index in [1.54, 1.807) is 0 Å². The number of hydrogen-bond donors (Lipinski definition) is 1. The molecule has 2 aliphatic rings. The Morgan fingerprint density at radius 3 is 2.45 bits per heavy atom. The zero-order valence-corrected chi connectivity index (χ0v) is 12.5. The van der Waals surface area contributed by atoms with Crippen LogP contribution >= 0.6 is 0 Å². The summed E-state index contributed by atoms with van der Waals surface area (Å²) in [5.41, 5.74) is 2.95. The molecule has 0 bridgehead atoms. The first kappa shape index (κ1) is 14.1. The van der Waals surface area contributed by atoms with Gasteiger partial charge in [-0.25, -0.2) is 0 Å². The Hall–Kier alpha value is -0.900. The van der Waals surface area contributed by atoms with Crippen molar-refractivity contribution in [3.63, 3.8) is 0 Å². The molecule has 3 rings (SSSR count). The minimum absolute atomic E-state index is 0.470. The van der Waals surface area contributed by atoms with E-state index < -0.39 is 0 Å². The molecule has 0 amide bonds. The van der Waals surface area contributed by atoms with E-state index in [4.69, 9.17) is 4.74 Å². The van der Waals surface area contributed by atoms with E-state index in [-0.39, 0.29) is 0 Å². The fourth-order valence-corrected chi connectivity index (χ4v) is 2.97. The number of ether oxygens (including phenoxy) is 1. The number of piperidine rings is 1. The van der Waals surface area contributed by atoms with Crippen LogP contribution in [-0.4, -0.2) is 37.2 Å². The summed E-state index contributed by atoms with van der Waals surface area (Å²) in [5, 5.41) is 3.63. The second-order valence-corrected chi connectivity index (χ2v) is 6.14. The molecule has 1 heterocycles. The maximum atomic E-state index is 5.45. The number of rotatable bonds is 6. The molecular formula is C17H26N2O. The van der Waals surface area contributed by atoms with E-state index in [0.29, 0.717) is 6.10 Å². The van der Waals surface area contributed by atoms with Gasteiger partial charge in [-0.3, -0.25) is 4.90 Å². The van der Waals surface area contributed by atoms with Crippen molar-refractivity contribution in [1.82, 2.24) is 10.2 Å². The molecule has 0 aromatic heterocycles. The number of nitrogens with zero attached hydrogens (tertiary/aromatic N) is 1. The van der Waals surface area contributed by atoms with E-state index in [1.165, 1.54) is 36.8 Å². The lowest BCUT2D eigenvalue weighted by molar-refractivity contribution is 0.0388. The van der Waals surface area contributed by atoms with Crippen molar-refractivity contribution in [2.45, 2.75) is 50.9 Å². The molecule has 0 atom stereocenters. The van der Waals surface area contributed by atoms with Gasteiger partial charge in [0, 0.05) is 39.3 Å². The molecule has 20 heavy (non-hydrogen) atoms. The molecule has 1 aliphatic carbocycles. The highest BCUT2D eigenvalue weighted by Gasteiger charge is 2.21. The summed E-state index contributed by atoms with van der Waals surface area (Å²) in [6, 6.07) is 9.65. The fourth-order valence-electron chi connectivity index (χ4n) is 2.97. The molecule has 1 N–H and O–H groups in total. The molecule has 3 heteroatoms. The van der Waals surface area contributed by atoms with Crippen LogP contribution in [0.5, 0.6) is 0 Å². The Labute approximate surface area is 122 Å². The summed E-state index contributed by atoms with van der Waals surface area (Å²) in [4.78, 5) is 2.56. The van der Waals surface area contributed by atoms with E-state index in [0.717, 1.165) is 32.2 Å². The van der Waals surface area contributed by atoms with Crippen molar-refractivity contribution in [3.05, 3.63) is 35.4 Å². The second-order valence-electron chi connectivity index (χ2n) is 6.14. The third-order valence-electron chi connectivity index (χ3n) is 4.54. The van der Waals surface area contributed by atoms with Crippen LogP contribution in [0.1, 0.15) is 36.8 Å². The minimum atomic E-state index is 0.470. The van der Waals surface area contributed by atoms with Gasteiger partial charge in [0.1, 0.15) is 0 Å². The Balaban J connectivity index is 1.56. The molecule has 1 aromatic carbocycles. The van der Waals surface area contributed by atoms with Crippen LogP contribution in [-0.2, 0) is 17.8 Å². The van der Waals surface area contributed by atoms with Gasteiger partial charge in [-0.2, -0.15) is 0 Å². The highest BCUT2D eigenvalue weighted by Crippen LogP contribution is 2.21. The molecule has 1 aromatic rings. The standard InChI is InChI=1S/C17H26N2O/c1-20-17-8-10-19(11-9-17)13-15-5-3-2-4-14(15)12-18-16-6-7-16/h2-5,16-18H,6-13H2,1H3. The average molecular weight is 274 g/mol. The fraction of sp³-hybridized carbons (Fsp3) is 0.647. The number of nitrogens with one attached hydrogen (secondary N) is 1. The number of likely N-dealkylation sites (tertiary alicyclic amines) is 1. The van der Waals surface area contributed by atoms with Crippen LogP contribution in [0.15, 0.2) is 24.3 Å². The average Bonchev–Trinajstić information content (AvgIpc) is 3.31. The number of methoxy groups -OCH3 is 1. The summed E-state index contributed by atoms with van der Waals surface area (Å²) >= 11 is 0. The van der Waals surface area contributed by atoms with Crippen molar-refractivity contribution in [2.24, 2.45) is 0 Å². The quantitative estimate of drug-likeness (QED) is 0.863. The monoisotopic (exact) mass is 274 g/mol. The first-order valence-electron chi connectivity index (χ1n) is 7.90. The summed E-state index contributed by atoms with van der Waals surface area (Å²) in [7, 11) is 1.83. The van der Waals surface area contributed by atoms with Gasteiger partial charge in [0.2, 0.25) is 0 Å². The topological polar surface area (TPSA) is 24.5 Å². The van der Waals surface area contributed by atoms with Crippen molar-refractivity contribution in [1.29, 1.82) is 0 Å². The molecule has 110 valence electrons. The minimum Gasteiger partial charge on any atom is -0.381 e. The van der Waals surface area contributed by atoms with Gasteiger partial charge in [-0.05, 0) is 36.8 Å².